The van der Waals surface area contributed by atoms with E-state index in [0.717, 1.165) is 11.1 Å². The van der Waals surface area contributed by atoms with Gasteiger partial charge in [0.15, 0.2) is 0 Å². The number of hydrogen-bond acceptors (Lipinski definition) is 7. The van der Waals surface area contributed by atoms with E-state index in [1.807, 2.05) is 19.1 Å². The highest BCUT2D eigenvalue weighted by molar-refractivity contribution is 7.99. The molecule has 0 saturated heterocycles. The molecule has 5 aromatic rings. The fourth-order valence-electron chi connectivity index (χ4n) is 4.67. The van der Waals surface area contributed by atoms with E-state index >= 15 is 0 Å². The number of hydrogen-bond donors (Lipinski definition) is 4. The third-order valence-corrected chi connectivity index (χ3v) is 7.26. The lowest BCUT2D eigenvalue weighted by atomic mass is 10.0. The minimum Gasteiger partial charge on any atom is -0.485 e. The number of ketones is 1. The van der Waals surface area contributed by atoms with Crippen molar-refractivity contribution >= 4 is 52.8 Å². The van der Waals surface area contributed by atoms with Crippen molar-refractivity contribution in [2.24, 2.45) is 0 Å². The normalized spacial score (nSPS) is 11.4. The lowest BCUT2D eigenvalue weighted by molar-refractivity contribution is 0.0823. The second kappa shape index (κ2) is 11.8. The highest BCUT2D eigenvalue weighted by atomic mass is 32.2. The number of nitrogen functional groups attached to an aromatic ring is 1. The number of aryl methyl sites for hydroxylation is 1. The maximum Gasteiger partial charge on any atom is 0.272 e. The number of halogens is 3. The third-order valence-electron chi connectivity index (χ3n) is 6.50. The first-order valence-electron chi connectivity index (χ1n) is 12.5. The van der Waals surface area contributed by atoms with Crippen molar-refractivity contribution in [1.29, 1.82) is 0 Å². The Morgan fingerprint density at radius 3 is 2.71 bits per heavy atom. The Kier molecular flexibility index (Phi) is 8.22. The molecule has 0 atom stereocenters. The summed E-state index contributed by atoms with van der Waals surface area (Å²) in [5.41, 5.74) is 10.8. The Morgan fingerprint density at radius 1 is 1.22 bits per heavy atom. The van der Waals surface area contributed by atoms with Crippen LogP contribution < -0.4 is 15.2 Å². The fraction of sp³-hybridized carbons (Fsp3) is 0.172. The minimum absolute atomic E-state index is 0.125. The molecule has 0 aliphatic heterocycles. The van der Waals surface area contributed by atoms with Gasteiger partial charge in [-0.2, -0.15) is 5.10 Å². The van der Waals surface area contributed by atoms with E-state index in [4.69, 9.17) is 10.5 Å². The second-order valence-electron chi connectivity index (χ2n) is 9.36. The van der Waals surface area contributed by atoms with Gasteiger partial charge < -0.3 is 20.2 Å². The molecule has 3 aromatic carbocycles. The molecule has 0 amide bonds. The van der Waals surface area contributed by atoms with Crippen molar-refractivity contribution in [2.45, 2.75) is 24.7 Å². The summed E-state index contributed by atoms with van der Waals surface area (Å²) in [4.78, 5) is 17.1. The molecule has 12 heteroatoms. The van der Waals surface area contributed by atoms with Crippen molar-refractivity contribution in [1.82, 2.24) is 14.8 Å². The first-order chi connectivity index (χ1) is 19.7. The Hall–Kier alpha value is -4.03. The van der Waals surface area contributed by atoms with Crippen LogP contribution in [-0.4, -0.2) is 39.8 Å². The van der Waals surface area contributed by atoms with Crippen LogP contribution in [0.25, 0.3) is 16.6 Å². The van der Waals surface area contributed by atoms with Crippen LogP contribution in [0, 0.1) is 12.7 Å². The molecule has 7 nitrogen and oxygen atoms in total. The largest absolute Gasteiger partial charge is 0.485 e. The van der Waals surface area contributed by atoms with E-state index in [0.29, 0.717) is 39.2 Å². The zero-order valence-corrected chi connectivity index (χ0v) is 23.8. The number of fused-ring (bicyclic) bond motifs is 1. The number of benzene rings is 3. The molecule has 0 unspecified atom stereocenters. The number of thiol groups is 1. The average molecular weight is 598 g/mol. The van der Waals surface area contributed by atoms with Crippen LogP contribution in [0.4, 0.5) is 24.7 Å². The predicted molar refractivity (Wildman–Crippen MR) is 160 cm³/mol. The van der Waals surface area contributed by atoms with Gasteiger partial charge >= 0.3 is 0 Å². The van der Waals surface area contributed by atoms with Gasteiger partial charge in [0.05, 0.1) is 28.8 Å². The van der Waals surface area contributed by atoms with Gasteiger partial charge in [0, 0.05) is 28.5 Å². The number of alkyl halides is 2. The summed E-state index contributed by atoms with van der Waals surface area (Å²) in [6, 6.07) is 15.2. The smallest absolute Gasteiger partial charge is 0.272 e. The molecular formula is C29H26F3N5O2S2. The molecule has 0 aliphatic rings. The molecular weight excluding hydrogens is 571 g/mol. The number of anilines is 2. The zero-order chi connectivity index (χ0) is 29.3. The van der Waals surface area contributed by atoms with Gasteiger partial charge in [-0.3, -0.25) is 4.79 Å². The van der Waals surface area contributed by atoms with E-state index in [-0.39, 0.29) is 28.6 Å². The Morgan fingerprint density at radius 2 is 2.00 bits per heavy atom. The predicted octanol–water partition coefficient (Wildman–Crippen LogP) is 6.83. The van der Waals surface area contributed by atoms with Gasteiger partial charge in [-0.15, -0.1) is 12.6 Å². The minimum atomic E-state index is -2.62. The molecule has 0 radical (unpaired) electrons. The monoisotopic (exact) mass is 597 g/mol. The van der Waals surface area contributed by atoms with Crippen LogP contribution in [0.15, 0.2) is 65.7 Å². The van der Waals surface area contributed by atoms with Gasteiger partial charge in [-0.25, -0.2) is 17.9 Å². The Labute approximate surface area is 243 Å². The summed E-state index contributed by atoms with van der Waals surface area (Å²) >= 11 is 5.93. The van der Waals surface area contributed by atoms with Crippen LogP contribution in [0.5, 0.6) is 5.75 Å². The summed E-state index contributed by atoms with van der Waals surface area (Å²) in [6.45, 7) is 1.12. The number of nitrogens with two attached hydrogens (primary N) is 1. The zero-order valence-electron chi connectivity index (χ0n) is 22.0. The highest BCUT2D eigenvalue weighted by Gasteiger charge is 2.22. The van der Waals surface area contributed by atoms with Crippen LogP contribution in [-0.2, 0) is 6.42 Å². The second-order valence-corrected chi connectivity index (χ2v) is 10.5. The van der Waals surface area contributed by atoms with Gasteiger partial charge in [-0.05, 0) is 53.9 Å². The van der Waals surface area contributed by atoms with Gasteiger partial charge in [0.2, 0.25) is 5.78 Å². The molecule has 4 N–H and O–H groups in total. The molecule has 5 rings (SSSR count). The molecule has 212 valence electrons. The molecule has 41 heavy (non-hydrogen) atoms. The first kappa shape index (κ1) is 28.5. The lowest BCUT2D eigenvalue weighted by Crippen LogP contribution is -2.09. The summed E-state index contributed by atoms with van der Waals surface area (Å²) in [5.74, 6) is -0.304. The number of ether oxygens (including phenoxy) is 1. The van der Waals surface area contributed by atoms with Crippen molar-refractivity contribution in [3.8, 4) is 11.4 Å². The van der Waals surface area contributed by atoms with E-state index in [9.17, 15) is 18.0 Å². The van der Waals surface area contributed by atoms with Crippen LogP contribution in [0.2, 0.25) is 0 Å². The van der Waals surface area contributed by atoms with Gasteiger partial charge in [-0.1, -0.05) is 36.2 Å². The molecule has 2 heterocycles. The van der Waals surface area contributed by atoms with Gasteiger partial charge in [0.25, 0.3) is 6.43 Å². The Balaban J connectivity index is 1.45. The summed E-state index contributed by atoms with van der Waals surface area (Å²) < 4.78 is 49.4. The van der Waals surface area contributed by atoms with Crippen molar-refractivity contribution in [3.63, 3.8) is 0 Å². The van der Waals surface area contributed by atoms with Gasteiger partial charge in [0.1, 0.15) is 24.0 Å². The number of H-pyrrole nitrogens is 1. The molecule has 0 fully saturated rings. The number of carbonyl (C=O) groups excluding carboxylic acids is 1. The number of aromatic amines is 1. The van der Waals surface area contributed by atoms with Crippen molar-refractivity contribution in [3.05, 3.63) is 94.6 Å². The maximum absolute atomic E-state index is 14.2. The van der Waals surface area contributed by atoms with E-state index < -0.39 is 18.8 Å². The van der Waals surface area contributed by atoms with E-state index in [1.54, 1.807) is 42.7 Å². The number of aromatic nitrogens is 3. The number of carbonyl (C=O) groups is 1. The topological polar surface area (TPSA) is 98.0 Å². The highest BCUT2D eigenvalue weighted by Crippen LogP contribution is 2.34. The first-order valence-corrected chi connectivity index (χ1v) is 14.1. The quantitative estimate of drug-likeness (QED) is 0.0801. The Bertz CT molecular complexity index is 1730. The lowest BCUT2D eigenvalue weighted by Gasteiger charge is -2.14. The SMILES string of the molecule is CSNc1cc2[nH]c(C(=O)c3cnn(-c4c(C)cc(Cc5ccccc5F)cc4S)c3N)cc2cc1OCC(F)F. The number of rotatable bonds is 10. The fourth-order valence-corrected chi connectivity index (χ4v) is 5.49. The molecule has 0 saturated carbocycles. The maximum atomic E-state index is 14.2. The number of nitrogens with zero attached hydrogens (tertiary/aromatic N) is 2. The van der Waals surface area contributed by atoms with Crippen molar-refractivity contribution in [2.75, 3.05) is 23.3 Å². The standard InChI is InChI=1S/C29H26F3N5O2S2/c1-15-7-16(8-17-5-3-4-6-20(17)30)9-25(40)27(15)37-29(33)19(13-34-37)28(38)23-10-18-11-24(39-14-26(31)32)22(36-41-2)12-21(18)35-23/h3-7,9-13,26,35-36,40H,8,14,33H2,1-2H3. The van der Waals surface area contributed by atoms with Crippen LogP contribution >= 0.6 is 24.6 Å². The summed E-state index contributed by atoms with van der Waals surface area (Å²) in [7, 11) is 0. The molecule has 0 bridgehead atoms. The molecule has 2 aromatic heterocycles. The van der Waals surface area contributed by atoms with Crippen molar-refractivity contribution < 1.29 is 22.7 Å². The van der Waals surface area contributed by atoms with Crippen LogP contribution in [0.3, 0.4) is 0 Å². The average Bonchev–Trinajstić information content (AvgIpc) is 3.51. The van der Waals surface area contributed by atoms with E-state index in [1.165, 1.54) is 28.9 Å². The molecule has 0 spiro atoms. The summed E-state index contributed by atoms with van der Waals surface area (Å²) in [6.07, 6.45) is 0.948. The van der Waals surface area contributed by atoms with E-state index in [2.05, 4.69) is 27.4 Å². The third kappa shape index (κ3) is 5.89. The van der Waals surface area contributed by atoms with Crippen LogP contribution in [0.1, 0.15) is 32.7 Å². The number of nitrogens with one attached hydrogen (secondary N) is 2. The summed E-state index contributed by atoms with van der Waals surface area (Å²) in [5, 5.41) is 4.98. The molecule has 0 aliphatic carbocycles.